The molecule has 1 amide bonds. The lowest BCUT2D eigenvalue weighted by Gasteiger charge is -2.30. The van der Waals surface area contributed by atoms with Crippen molar-refractivity contribution >= 4 is 5.91 Å². The molecule has 3 heterocycles. The number of nitrogens with zero attached hydrogens (tertiary/aromatic N) is 4. The minimum atomic E-state index is 0.221. The van der Waals surface area contributed by atoms with Gasteiger partial charge in [-0.15, -0.1) is 0 Å². The highest BCUT2D eigenvalue weighted by molar-refractivity contribution is 5.79. The molecule has 4 rings (SSSR count). The van der Waals surface area contributed by atoms with Crippen LogP contribution in [0.3, 0.4) is 0 Å². The van der Waals surface area contributed by atoms with Gasteiger partial charge < -0.3 is 4.90 Å². The van der Waals surface area contributed by atoms with Crippen molar-refractivity contribution < 1.29 is 4.79 Å². The lowest BCUT2D eigenvalue weighted by Crippen LogP contribution is -2.39. The van der Waals surface area contributed by atoms with E-state index in [1.165, 1.54) is 18.4 Å². The summed E-state index contributed by atoms with van der Waals surface area (Å²) in [7, 11) is 0. The molecular weight excluding hydrogens is 324 g/mol. The van der Waals surface area contributed by atoms with E-state index in [9.17, 15) is 4.79 Å². The number of aromatic nitrogens is 3. The summed E-state index contributed by atoms with van der Waals surface area (Å²) in [6.45, 7) is 3.83. The summed E-state index contributed by atoms with van der Waals surface area (Å²) in [5, 5.41) is 0. The average Bonchev–Trinajstić information content (AvgIpc) is 2.91. The van der Waals surface area contributed by atoms with E-state index in [0.29, 0.717) is 5.91 Å². The van der Waals surface area contributed by atoms with Gasteiger partial charge in [0.15, 0.2) is 0 Å². The Morgan fingerprint density at radius 1 is 1.04 bits per heavy atom. The molecule has 136 valence electrons. The second-order valence-corrected chi connectivity index (χ2v) is 7.67. The summed E-state index contributed by atoms with van der Waals surface area (Å²) >= 11 is 0. The number of carbonyl (C=O) groups is 1. The Labute approximate surface area is 154 Å². The average molecular weight is 350 g/mol. The molecule has 1 aliphatic carbocycles. The maximum atomic E-state index is 13.0. The Balaban J connectivity index is 1.52. The van der Waals surface area contributed by atoms with E-state index in [-0.39, 0.29) is 5.92 Å². The van der Waals surface area contributed by atoms with Gasteiger partial charge in [-0.1, -0.05) is 6.92 Å². The molecule has 0 bridgehead atoms. The SMILES string of the molecule is CC1CCC(C(=O)N2CCc3ncnc(-c4ccncc4)c3CC2)CC1. The van der Waals surface area contributed by atoms with Crippen molar-refractivity contribution in [3.8, 4) is 11.3 Å². The van der Waals surface area contributed by atoms with Crippen molar-refractivity contribution in [2.75, 3.05) is 13.1 Å². The Hall–Kier alpha value is -2.30. The molecule has 0 radical (unpaired) electrons. The van der Waals surface area contributed by atoms with E-state index >= 15 is 0 Å². The van der Waals surface area contributed by atoms with Crippen molar-refractivity contribution in [1.82, 2.24) is 19.9 Å². The van der Waals surface area contributed by atoms with Crippen LogP contribution in [0, 0.1) is 11.8 Å². The van der Waals surface area contributed by atoms with Gasteiger partial charge in [-0.2, -0.15) is 0 Å². The van der Waals surface area contributed by atoms with Crippen LogP contribution in [-0.2, 0) is 17.6 Å². The number of hydrogen-bond donors (Lipinski definition) is 0. The third kappa shape index (κ3) is 3.48. The van der Waals surface area contributed by atoms with E-state index in [1.54, 1.807) is 18.7 Å². The molecule has 0 spiro atoms. The third-order valence-corrected chi connectivity index (χ3v) is 5.92. The predicted octanol–water partition coefficient (Wildman–Crippen LogP) is 3.29. The molecule has 26 heavy (non-hydrogen) atoms. The van der Waals surface area contributed by atoms with Crippen LogP contribution in [0.15, 0.2) is 30.9 Å². The van der Waals surface area contributed by atoms with Gasteiger partial charge in [-0.25, -0.2) is 9.97 Å². The minimum absolute atomic E-state index is 0.221. The topological polar surface area (TPSA) is 59.0 Å². The highest BCUT2D eigenvalue weighted by atomic mass is 16.2. The van der Waals surface area contributed by atoms with Gasteiger partial charge in [-0.3, -0.25) is 9.78 Å². The van der Waals surface area contributed by atoms with Crippen LogP contribution in [0.4, 0.5) is 0 Å². The number of carbonyl (C=O) groups excluding carboxylic acids is 1. The van der Waals surface area contributed by atoms with Gasteiger partial charge in [-0.05, 0) is 50.2 Å². The zero-order chi connectivity index (χ0) is 17.9. The largest absolute Gasteiger partial charge is 0.342 e. The highest BCUT2D eigenvalue weighted by Crippen LogP contribution is 2.31. The Morgan fingerprint density at radius 2 is 1.77 bits per heavy atom. The van der Waals surface area contributed by atoms with E-state index in [4.69, 9.17) is 0 Å². The first-order valence-corrected chi connectivity index (χ1v) is 9.74. The zero-order valence-corrected chi connectivity index (χ0v) is 15.4. The van der Waals surface area contributed by atoms with Crippen LogP contribution >= 0.6 is 0 Å². The molecule has 5 heteroatoms. The first-order chi connectivity index (χ1) is 12.7. The second-order valence-electron chi connectivity index (χ2n) is 7.67. The molecule has 0 aromatic carbocycles. The lowest BCUT2D eigenvalue weighted by molar-refractivity contribution is -0.136. The molecule has 0 unspecified atom stereocenters. The van der Waals surface area contributed by atoms with Crippen molar-refractivity contribution in [2.45, 2.75) is 45.4 Å². The fourth-order valence-corrected chi connectivity index (χ4v) is 4.27. The van der Waals surface area contributed by atoms with E-state index < -0.39 is 0 Å². The summed E-state index contributed by atoms with van der Waals surface area (Å²) in [4.78, 5) is 28.2. The first-order valence-electron chi connectivity index (χ1n) is 9.74. The normalized spacial score (nSPS) is 23.2. The van der Waals surface area contributed by atoms with Crippen LogP contribution in [0.5, 0.6) is 0 Å². The van der Waals surface area contributed by atoms with Crippen molar-refractivity contribution in [1.29, 1.82) is 0 Å². The van der Waals surface area contributed by atoms with Gasteiger partial charge in [0.25, 0.3) is 0 Å². The van der Waals surface area contributed by atoms with Crippen molar-refractivity contribution in [2.24, 2.45) is 11.8 Å². The molecule has 2 aromatic rings. The molecule has 2 aromatic heterocycles. The van der Waals surface area contributed by atoms with E-state index in [2.05, 4.69) is 26.8 Å². The van der Waals surface area contributed by atoms with Crippen molar-refractivity contribution in [3.05, 3.63) is 42.1 Å². The summed E-state index contributed by atoms with van der Waals surface area (Å²) in [5.74, 6) is 1.34. The second kappa shape index (κ2) is 7.52. The van der Waals surface area contributed by atoms with Gasteiger partial charge in [0.2, 0.25) is 5.91 Å². The monoisotopic (exact) mass is 350 g/mol. The van der Waals surface area contributed by atoms with Crippen LogP contribution in [-0.4, -0.2) is 38.8 Å². The fourth-order valence-electron chi connectivity index (χ4n) is 4.27. The summed E-state index contributed by atoms with van der Waals surface area (Å²) in [6, 6.07) is 3.97. The lowest BCUT2D eigenvalue weighted by atomic mass is 9.82. The molecule has 2 aliphatic rings. The van der Waals surface area contributed by atoms with Crippen LogP contribution in [0.25, 0.3) is 11.3 Å². The molecule has 1 fully saturated rings. The summed E-state index contributed by atoms with van der Waals surface area (Å²) < 4.78 is 0. The number of pyridine rings is 1. The third-order valence-electron chi connectivity index (χ3n) is 5.92. The highest BCUT2D eigenvalue weighted by Gasteiger charge is 2.29. The van der Waals surface area contributed by atoms with E-state index in [0.717, 1.165) is 61.6 Å². The fraction of sp³-hybridized carbons (Fsp3) is 0.524. The van der Waals surface area contributed by atoms with Gasteiger partial charge >= 0.3 is 0 Å². The summed E-state index contributed by atoms with van der Waals surface area (Å²) in [5.41, 5.74) is 4.32. The maximum Gasteiger partial charge on any atom is 0.225 e. The zero-order valence-electron chi connectivity index (χ0n) is 15.4. The van der Waals surface area contributed by atoms with Gasteiger partial charge in [0.05, 0.1) is 5.69 Å². The van der Waals surface area contributed by atoms with Crippen LogP contribution in [0.2, 0.25) is 0 Å². The first kappa shape index (κ1) is 17.1. The molecule has 1 aliphatic heterocycles. The number of fused-ring (bicyclic) bond motifs is 1. The number of amides is 1. The van der Waals surface area contributed by atoms with Gasteiger partial charge in [0, 0.05) is 54.6 Å². The molecular formula is C21H26N4O. The minimum Gasteiger partial charge on any atom is -0.342 e. The van der Waals surface area contributed by atoms with E-state index in [1.807, 2.05) is 12.1 Å². The standard InChI is InChI=1S/C21H26N4O/c1-15-2-4-17(5-3-15)21(26)25-12-8-18-19(9-13-25)23-14-24-20(18)16-6-10-22-11-7-16/h6-7,10-11,14-15,17H,2-5,8-9,12-13H2,1H3. The molecule has 0 N–H and O–H groups in total. The van der Waals surface area contributed by atoms with Crippen LogP contribution in [0.1, 0.15) is 43.9 Å². The molecule has 5 nitrogen and oxygen atoms in total. The number of hydrogen-bond acceptors (Lipinski definition) is 4. The smallest absolute Gasteiger partial charge is 0.225 e. The molecule has 0 saturated heterocycles. The Morgan fingerprint density at radius 3 is 2.54 bits per heavy atom. The predicted molar refractivity (Wildman–Crippen MR) is 100 cm³/mol. The maximum absolute atomic E-state index is 13.0. The van der Waals surface area contributed by atoms with Crippen LogP contribution < -0.4 is 0 Å². The molecule has 0 atom stereocenters. The number of rotatable bonds is 2. The molecule has 1 saturated carbocycles. The Kier molecular flexibility index (Phi) is 4.96. The quantitative estimate of drug-likeness (QED) is 0.834. The van der Waals surface area contributed by atoms with Crippen molar-refractivity contribution in [3.63, 3.8) is 0 Å². The van der Waals surface area contributed by atoms with Gasteiger partial charge in [0.1, 0.15) is 6.33 Å². The Bertz CT molecular complexity index is 769. The summed E-state index contributed by atoms with van der Waals surface area (Å²) in [6.07, 6.45) is 11.3.